The molecule has 0 atom stereocenters. The maximum atomic E-state index is 12.9. The van der Waals surface area contributed by atoms with Crippen molar-refractivity contribution in [3.63, 3.8) is 0 Å². The fourth-order valence-corrected chi connectivity index (χ4v) is 3.05. The summed E-state index contributed by atoms with van der Waals surface area (Å²) in [4.78, 5) is 18.8. The predicted molar refractivity (Wildman–Crippen MR) is 116 cm³/mol. The standard InChI is InChI=1S/C24H19ClN2O3/c25-20-10-6-19(7-11-20)17-30-21-12-8-18(9-13-21)16-27(23-5-1-2-14-26-23)24(28)22-4-3-15-29-22/h1-15H,16-17H2. The number of anilines is 1. The zero-order valence-electron chi connectivity index (χ0n) is 16.1. The number of hydrogen-bond donors (Lipinski definition) is 0. The number of pyridine rings is 1. The van der Waals surface area contributed by atoms with Gasteiger partial charge in [0.1, 0.15) is 18.2 Å². The van der Waals surface area contributed by atoms with Crippen molar-refractivity contribution in [1.82, 2.24) is 4.98 Å². The number of amides is 1. The van der Waals surface area contributed by atoms with E-state index in [1.165, 1.54) is 6.26 Å². The van der Waals surface area contributed by atoms with Crippen molar-refractivity contribution in [2.24, 2.45) is 0 Å². The van der Waals surface area contributed by atoms with E-state index in [4.69, 9.17) is 20.8 Å². The van der Waals surface area contributed by atoms with Crippen LogP contribution in [0.5, 0.6) is 5.75 Å². The first-order valence-corrected chi connectivity index (χ1v) is 9.79. The molecular formula is C24H19ClN2O3. The summed E-state index contributed by atoms with van der Waals surface area (Å²) in [6.07, 6.45) is 3.14. The molecule has 2 heterocycles. The van der Waals surface area contributed by atoms with Gasteiger partial charge in [-0.05, 0) is 59.7 Å². The number of nitrogens with zero attached hydrogens (tertiary/aromatic N) is 2. The molecule has 0 bridgehead atoms. The summed E-state index contributed by atoms with van der Waals surface area (Å²) >= 11 is 5.91. The van der Waals surface area contributed by atoms with Crippen molar-refractivity contribution in [1.29, 1.82) is 0 Å². The van der Waals surface area contributed by atoms with Crippen molar-refractivity contribution in [2.75, 3.05) is 4.90 Å². The van der Waals surface area contributed by atoms with Crippen LogP contribution in [0, 0.1) is 0 Å². The molecule has 4 rings (SSSR count). The zero-order chi connectivity index (χ0) is 20.8. The number of halogens is 1. The molecule has 0 spiro atoms. The Hall–Kier alpha value is -3.57. The van der Waals surface area contributed by atoms with Gasteiger partial charge in [-0.1, -0.05) is 41.9 Å². The van der Waals surface area contributed by atoms with Gasteiger partial charge in [0.2, 0.25) is 0 Å². The van der Waals surface area contributed by atoms with Crippen LogP contribution in [0.3, 0.4) is 0 Å². The van der Waals surface area contributed by atoms with Gasteiger partial charge in [0.25, 0.3) is 5.91 Å². The summed E-state index contributed by atoms with van der Waals surface area (Å²) in [5.74, 6) is 1.32. The minimum atomic E-state index is -0.248. The van der Waals surface area contributed by atoms with Crippen molar-refractivity contribution < 1.29 is 13.9 Å². The van der Waals surface area contributed by atoms with Crippen LogP contribution in [0.25, 0.3) is 0 Å². The molecule has 0 saturated carbocycles. The van der Waals surface area contributed by atoms with Gasteiger partial charge in [0.05, 0.1) is 12.8 Å². The first-order chi connectivity index (χ1) is 14.7. The van der Waals surface area contributed by atoms with E-state index >= 15 is 0 Å². The van der Waals surface area contributed by atoms with Crippen molar-refractivity contribution in [3.8, 4) is 5.75 Å². The molecule has 0 fully saturated rings. The van der Waals surface area contributed by atoms with Gasteiger partial charge in [-0.25, -0.2) is 4.98 Å². The third kappa shape index (κ3) is 4.88. The second kappa shape index (κ2) is 9.29. The van der Waals surface area contributed by atoms with E-state index in [1.54, 1.807) is 29.3 Å². The molecule has 150 valence electrons. The Morgan fingerprint density at radius 1 is 0.933 bits per heavy atom. The topological polar surface area (TPSA) is 55.6 Å². The van der Waals surface area contributed by atoms with Crippen LogP contribution in [0.4, 0.5) is 5.82 Å². The number of benzene rings is 2. The molecular weight excluding hydrogens is 400 g/mol. The lowest BCUT2D eigenvalue weighted by Crippen LogP contribution is -2.30. The summed E-state index contributed by atoms with van der Waals surface area (Å²) in [6.45, 7) is 0.807. The van der Waals surface area contributed by atoms with E-state index < -0.39 is 0 Å². The minimum absolute atomic E-state index is 0.248. The summed E-state index contributed by atoms with van der Waals surface area (Å²) in [5, 5.41) is 0.699. The number of ether oxygens (including phenoxy) is 1. The van der Waals surface area contributed by atoms with E-state index in [1.807, 2.05) is 60.7 Å². The molecule has 4 aromatic rings. The monoisotopic (exact) mass is 418 g/mol. The second-order valence-corrected chi connectivity index (χ2v) is 7.05. The normalized spacial score (nSPS) is 10.6. The molecule has 1 amide bonds. The highest BCUT2D eigenvalue weighted by Crippen LogP contribution is 2.21. The van der Waals surface area contributed by atoms with Gasteiger partial charge in [-0.3, -0.25) is 9.69 Å². The lowest BCUT2D eigenvalue weighted by Gasteiger charge is -2.21. The highest BCUT2D eigenvalue weighted by atomic mass is 35.5. The number of hydrogen-bond acceptors (Lipinski definition) is 4. The van der Waals surface area contributed by atoms with Crippen LogP contribution < -0.4 is 9.64 Å². The largest absolute Gasteiger partial charge is 0.489 e. The summed E-state index contributed by atoms with van der Waals surface area (Å²) in [5.41, 5.74) is 1.98. The van der Waals surface area contributed by atoms with Gasteiger partial charge in [-0.2, -0.15) is 0 Å². The van der Waals surface area contributed by atoms with Crippen LogP contribution in [0.2, 0.25) is 5.02 Å². The van der Waals surface area contributed by atoms with Crippen molar-refractivity contribution >= 4 is 23.3 Å². The Morgan fingerprint density at radius 2 is 1.70 bits per heavy atom. The van der Waals surface area contributed by atoms with Gasteiger partial charge >= 0.3 is 0 Å². The highest BCUT2D eigenvalue weighted by Gasteiger charge is 2.21. The Labute approximate surface area is 179 Å². The fourth-order valence-electron chi connectivity index (χ4n) is 2.92. The maximum absolute atomic E-state index is 12.9. The summed E-state index contributed by atoms with van der Waals surface area (Å²) in [6, 6.07) is 24.0. The fraction of sp³-hybridized carbons (Fsp3) is 0.0833. The molecule has 0 N–H and O–H groups in total. The molecule has 6 heteroatoms. The van der Waals surface area contributed by atoms with Gasteiger partial charge in [-0.15, -0.1) is 0 Å². The molecule has 0 saturated heterocycles. The zero-order valence-corrected chi connectivity index (χ0v) is 16.8. The summed E-state index contributed by atoms with van der Waals surface area (Å²) < 4.78 is 11.1. The van der Waals surface area contributed by atoms with Crippen molar-refractivity contribution in [2.45, 2.75) is 13.2 Å². The Bertz CT molecular complexity index is 1080. The molecule has 5 nitrogen and oxygen atoms in total. The Kier molecular flexibility index (Phi) is 6.11. The molecule has 0 radical (unpaired) electrons. The van der Waals surface area contributed by atoms with Gasteiger partial charge < -0.3 is 9.15 Å². The van der Waals surface area contributed by atoms with Crippen LogP contribution in [0.15, 0.2) is 95.7 Å². The number of rotatable bonds is 7. The minimum Gasteiger partial charge on any atom is -0.489 e. The maximum Gasteiger partial charge on any atom is 0.295 e. The van der Waals surface area contributed by atoms with Crippen LogP contribution >= 0.6 is 11.6 Å². The van der Waals surface area contributed by atoms with Gasteiger partial charge in [0.15, 0.2) is 5.76 Å². The molecule has 2 aromatic carbocycles. The molecule has 2 aromatic heterocycles. The number of furan rings is 1. The highest BCUT2D eigenvalue weighted by molar-refractivity contribution is 6.30. The number of carbonyl (C=O) groups is 1. The van der Waals surface area contributed by atoms with Crippen LogP contribution in [-0.4, -0.2) is 10.9 Å². The van der Waals surface area contributed by atoms with E-state index in [0.29, 0.717) is 24.0 Å². The molecule has 0 aliphatic rings. The smallest absolute Gasteiger partial charge is 0.295 e. The quantitative estimate of drug-likeness (QED) is 0.383. The SMILES string of the molecule is O=C(c1ccco1)N(Cc1ccc(OCc2ccc(Cl)cc2)cc1)c1ccccn1. The van der Waals surface area contributed by atoms with E-state index in [9.17, 15) is 4.79 Å². The molecule has 0 aliphatic carbocycles. The Balaban J connectivity index is 1.46. The molecule has 0 unspecified atom stereocenters. The lowest BCUT2D eigenvalue weighted by atomic mass is 10.2. The average molecular weight is 419 g/mol. The Morgan fingerprint density at radius 3 is 2.37 bits per heavy atom. The predicted octanol–water partition coefficient (Wildman–Crippen LogP) is 5.75. The average Bonchev–Trinajstić information content (AvgIpc) is 3.33. The second-order valence-electron chi connectivity index (χ2n) is 6.62. The third-order valence-corrected chi connectivity index (χ3v) is 4.74. The van der Waals surface area contributed by atoms with Gasteiger partial charge in [0, 0.05) is 11.2 Å². The first-order valence-electron chi connectivity index (χ1n) is 9.41. The van der Waals surface area contributed by atoms with Crippen LogP contribution in [-0.2, 0) is 13.2 Å². The van der Waals surface area contributed by atoms with E-state index in [0.717, 1.165) is 16.9 Å². The first kappa shape index (κ1) is 19.7. The van der Waals surface area contributed by atoms with Crippen molar-refractivity contribution in [3.05, 3.63) is 113 Å². The van der Waals surface area contributed by atoms with Crippen LogP contribution in [0.1, 0.15) is 21.7 Å². The molecule has 30 heavy (non-hydrogen) atoms. The number of aromatic nitrogens is 1. The third-order valence-electron chi connectivity index (χ3n) is 4.49. The van der Waals surface area contributed by atoms with E-state index in [-0.39, 0.29) is 11.7 Å². The number of carbonyl (C=O) groups excluding carboxylic acids is 1. The summed E-state index contributed by atoms with van der Waals surface area (Å²) in [7, 11) is 0. The molecule has 0 aliphatic heterocycles. The van der Waals surface area contributed by atoms with E-state index in [2.05, 4.69) is 4.98 Å². The lowest BCUT2D eigenvalue weighted by molar-refractivity contribution is 0.0957.